The van der Waals surface area contributed by atoms with Crippen LogP contribution in [0, 0.1) is 17.0 Å². The molecule has 21 heavy (non-hydrogen) atoms. The third-order valence-corrected chi connectivity index (χ3v) is 4.55. The lowest BCUT2D eigenvalue weighted by Crippen LogP contribution is -2.11. The van der Waals surface area contributed by atoms with Gasteiger partial charge in [0.2, 0.25) is 14.9 Å². The van der Waals surface area contributed by atoms with Crippen LogP contribution in [-0.2, 0) is 15.6 Å². The fourth-order valence-electron chi connectivity index (χ4n) is 1.81. The maximum absolute atomic E-state index is 12.4. The van der Waals surface area contributed by atoms with Crippen LogP contribution in [0.15, 0.2) is 41.4 Å². The van der Waals surface area contributed by atoms with Crippen LogP contribution in [0.25, 0.3) is 0 Å². The summed E-state index contributed by atoms with van der Waals surface area (Å²) in [6.45, 7) is 1.57. The van der Waals surface area contributed by atoms with E-state index in [-0.39, 0.29) is 0 Å². The van der Waals surface area contributed by atoms with Crippen molar-refractivity contribution in [3.63, 3.8) is 0 Å². The molecule has 1 heterocycles. The van der Waals surface area contributed by atoms with Crippen LogP contribution >= 0.6 is 11.6 Å². The van der Waals surface area contributed by atoms with E-state index in [1.807, 2.05) is 0 Å². The standard InChI is InChI=1S/C13H11ClN2O4S/c1-9-5-6-12(16(17)18)13(15-9)21(19,20)8-10-3-2-4-11(14)7-10/h2-7H,8H2,1H3. The molecular formula is C13H11ClN2O4S. The summed E-state index contributed by atoms with van der Waals surface area (Å²) in [5.74, 6) is -0.398. The Labute approximate surface area is 126 Å². The normalized spacial score (nSPS) is 11.3. The molecule has 0 amide bonds. The van der Waals surface area contributed by atoms with Gasteiger partial charge >= 0.3 is 5.69 Å². The van der Waals surface area contributed by atoms with Crippen LogP contribution in [0.3, 0.4) is 0 Å². The molecule has 0 N–H and O–H groups in total. The molecule has 2 rings (SSSR count). The predicted octanol–water partition coefficient (Wildman–Crippen LogP) is 2.93. The van der Waals surface area contributed by atoms with Crippen molar-refractivity contribution in [3.8, 4) is 0 Å². The molecule has 2 aromatic rings. The SMILES string of the molecule is Cc1ccc([N+](=O)[O-])c(S(=O)(=O)Cc2cccc(Cl)c2)n1. The second-order valence-electron chi connectivity index (χ2n) is 4.42. The molecule has 0 bridgehead atoms. The molecule has 0 unspecified atom stereocenters. The maximum Gasteiger partial charge on any atom is 0.306 e. The first-order chi connectivity index (χ1) is 9.79. The minimum atomic E-state index is -3.94. The molecule has 8 heteroatoms. The Morgan fingerprint density at radius 3 is 2.62 bits per heavy atom. The number of benzene rings is 1. The number of nitro groups is 1. The average Bonchev–Trinajstić information content (AvgIpc) is 2.37. The largest absolute Gasteiger partial charge is 0.306 e. The van der Waals surface area contributed by atoms with Crippen molar-refractivity contribution in [1.82, 2.24) is 4.98 Å². The first-order valence-electron chi connectivity index (χ1n) is 5.89. The quantitative estimate of drug-likeness (QED) is 0.636. The number of aryl methyl sites for hydroxylation is 1. The molecule has 0 fully saturated rings. The van der Waals surface area contributed by atoms with Gasteiger partial charge in [0, 0.05) is 16.8 Å². The van der Waals surface area contributed by atoms with Gasteiger partial charge in [0.25, 0.3) is 0 Å². The zero-order valence-corrected chi connectivity index (χ0v) is 12.6. The molecular weight excluding hydrogens is 316 g/mol. The molecule has 1 aromatic heterocycles. The van der Waals surface area contributed by atoms with E-state index in [0.717, 1.165) is 6.07 Å². The number of nitrogens with zero attached hydrogens (tertiary/aromatic N) is 2. The molecule has 0 spiro atoms. The lowest BCUT2D eigenvalue weighted by Gasteiger charge is -2.06. The van der Waals surface area contributed by atoms with E-state index in [4.69, 9.17) is 11.6 Å². The zero-order valence-electron chi connectivity index (χ0n) is 11.0. The highest BCUT2D eigenvalue weighted by atomic mass is 35.5. The first kappa shape index (κ1) is 15.4. The predicted molar refractivity (Wildman–Crippen MR) is 78.0 cm³/mol. The van der Waals surface area contributed by atoms with Gasteiger partial charge in [-0.2, -0.15) is 0 Å². The third-order valence-electron chi connectivity index (χ3n) is 2.72. The molecule has 0 saturated heterocycles. The Balaban J connectivity index is 2.49. The van der Waals surface area contributed by atoms with Crippen LogP contribution in [-0.4, -0.2) is 18.3 Å². The van der Waals surface area contributed by atoms with Crippen LogP contribution in [0.2, 0.25) is 5.02 Å². The van der Waals surface area contributed by atoms with Crippen molar-refractivity contribution in [2.24, 2.45) is 0 Å². The Morgan fingerprint density at radius 1 is 1.29 bits per heavy atom. The van der Waals surface area contributed by atoms with Gasteiger partial charge in [0.15, 0.2) is 0 Å². The average molecular weight is 327 g/mol. The topological polar surface area (TPSA) is 90.2 Å². The molecule has 0 saturated carbocycles. The summed E-state index contributed by atoms with van der Waals surface area (Å²) in [6, 6.07) is 8.87. The van der Waals surface area contributed by atoms with Gasteiger partial charge in [-0.15, -0.1) is 0 Å². The van der Waals surface area contributed by atoms with Crippen molar-refractivity contribution in [3.05, 3.63) is 62.8 Å². The number of aromatic nitrogens is 1. The van der Waals surface area contributed by atoms with Crippen LogP contribution in [0.5, 0.6) is 0 Å². The molecule has 0 aliphatic rings. The molecule has 1 aromatic carbocycles. The van der Waals surface area contributed by atoms with E-state index in [2.05, 4.69) is 4.98 Å². The van der Waals surface area contributed by atoms with Crippen LogP contribution in [0.4, 0.5) is 5.69 Å². The summed E-state index contributed by atoms with van der Waals surface area (Å²) in [4.78, 5) is 14.0. The summed E-state index contributed by atoms with van der Waals surface area (Å²) in [5, 5.41) is 10.8. The van der Waals surface area contributed by atoms with Gasteiger partial charge < -0.3 is 0 Å². The smallest absolute Gasteiger partial charge is 0.258 e. The van der Waals surface area contributed by atoms with Crippen molar-refractivity contribution in [2.75, 3.05) is 0 Å². The van der Waals surface area contributed by atoms with E-state index < -0.39 is 31.2 Å². The number of pyridine rings is 1. The highest BCUT2D eigenvalue weighted by molar-refractivity contribution is 7.90. The van der Waals surface area contributed by atoms with Crippen molar-refractivity contribution in [2.45, 2.75) is 17.7 Å². The van der Waals surface area contributed by atoms with Crippen molar-refractivity contribution in [1.29, 1.82) is 0 Å². The highest BCUT2D eigenvalue weighted by Gasteiger charge is 2.28. The molecule has 6 nitrogen and oxygen atoms in total. The van der Waals surface area contributed by atoms with E-state index in [1.54, 1.807) is 25.1 Å². The second-order valence-corrected chi connectivity index (χ2v) is 6.76. The highest BCUT2D eigenvalue weighted by Crippen LogP contribution is 2.25. The van der Waals surface area contributed by atoms with E-state index in [0.29, 0.717) is 16.3 Å². The van der Waals surface area contributed by atoms with Gasteiger partial charge in [0.1, 0.15) is 0 Å². The fourth-order valence-corrected chi connectivity index (χ4v) is 3.52. The number of halogens is 1. The van der Waals surface area contributed by atoms with Gasteiger partial charge in [-0.1, -0.05) is 23.7 Å². The van der Waals surface area contributed by atoms with E-state index in [9.17, 15) is 18.5 Å². The fraction of sp³-hybridized carbons (Fsp3) is 0.154. The third kappa shape index (κ3) is 3.56. The van der Waals surface area contributed by atoms with Crippen molar-refractivity contribution >= 4 is 27.1 Å². The van der Waals surface area contributed by atoms with Gasteiger partial charge in [0.05, 0.1) is 10.7 Å². The summed E-state index contributed by atoms with van der Waals surface area (Å²) in [7, 11) is -3.94. The first-order valence-corrected chi connectivity index (χ1v) is 7.92. The Bertz CT molecular complexity index is 806. The van der Waals surface area contributed by atoms with Crippen LogP contribution < -0.4 is 0 Å². The summed E-state index contributed by atoms with van der Waals surface area (Å²) in [6.07, 6.45) is 0. The monoisotopic (exact) mass is 326 g/mol. The summed E-state index contributed by atoms with van der Waals surface area (Å²) < 4.78 is 24.8. The molecule has 0 aliphatic heterocycles. The van der Waals surface area contributed by atoms with Crippen LogP contribution in [0.1, 0.15) is 11.3 Å². The number of rotatable bonds is 4. The van der Waals surface area contributed by atoms with Gasteiger partial charge in [-0.25, -0.2) is 13.4 Å². The lowest BCUT2D eigenvalue weighted by atomic mass is 10.2. The number of hydrogen-bond donors (Lipinski definition) is 0. The second kappa shape index (κ2) is 5.79. The Morgan fingerprint density at radius 2 is 2.00 bits per heavy atom. The Hall–Kier alpha value is -1.99. The van der Waals surface area contributed by atoms with E-state index in [1.165, 1.54) is 12.1 Å². The van der Waals surface area contributed by atoms with Gasteiger partial charge in [-0.3, -0.25) is 10.1 Å². The number of hydrogen-bond acceptors (Lipinski definition) is 5. The zero-order chi connectivity index (χ0) is 15.6. The Kier molecular flexibility index (Phi) is 4.24. The summed E-state index contributed by atoms with van der Waals surface area (Å²) in [5.41, 5.74) is 0.313. The minimum Gasteiger partial charge on any atom is -0.258 e. The minimum absolute atomic E-state index is 0.394. The molecule has 0 radical (unpaired) electrons. The maximum atomic E-state index is 12.4. The molecule has 0 aliphatic carbocycles. The number of sulfone groups is 1. The van der Waals surface area contributed by atoms with Crippen molar-refractivity contribution < 1.29 is 13.3 Å². The lowest BCUT2D eigenvalue weighted by molar-refractivity contribution is -0.388. The molecule has 0 atom stereocenters. The molecule has 110 valence electrons. The van der Waals surface area contributed by atoms with Gasteiger partial charge in [-0.05, 0) is 30.7 Å². The summed E-state index contributed by atoms with van der Waals surface area (Å²) >= 11 is 5.81. The van der Waals surface area contributed by atoms with E-state index >= 15 is 0 Å².